The lowest BCUT2D eigenvalue weighted by Crippen LogP contribution is -2.51. The van der Waals surface area contributed by atoms with Crippen LogP contribution in [0.4, 0.5) is 0 Å². The van der Waals surface area contributed by atoms with Crippen molar-refractivity contribution in [1.29, 1.82) is 0 Å². The molecule has 2 atom stereocenters. The Balaban J connectivity index is 0. The summed E-state index contributed by atoms with van der Waals surface area (Å²) in [6, 6.07) is 0. The molecule has 0 radical (unpaired) electrons. The highest BCUT2D eigenvalue weighted by Crippen LogP contribution is 2.37. The Hall–Kier alpha value is -0.680. The van der Waals surface area contributed by atoms with E-state index in [-0.39, 0.29) is 11.7 Å². The van der Waals surface area contributed by atoms with Gasteiger partial charge in [0.15, 0.2) is 5.79 Å². The van der Waals surface area contributed by atoms with Crippen molar-refractivity contribution >= 4 is 0 Å². The maximum absolute atomic E-state index is 8.08. The summed E-state index contributed by atoms with van der Waals surface area (Å²) in [5, 5.41) is 16.2. The summed E-state index contributed by atoms with van der Waals surface area (Å²) in [4.78, 5) is 0. The zero-order chi connectivity index (χ0) is 17.8. The Morgan fingerprint density at radius 1 is 1.18 bits per heavy atom. The molecule has 1 aliphatic heterocycles. The van der Waals surface area contributed by atoms with Gasteiger partial charge in [-0.05, 0) is 46.5 Å². The number of rotatable bonds is 5. The van der Waals surface area contributed by atoms with Crippen LogP contribution in [0.1, 0.15) is 60.3 Å². The molecule has 1 rings (SSSR count). The summed E-state index contributed by atoms with van der Waals surface area (Å²) >= 11 is 0. The molecule has 0 aromatic rings. The minimum atomic E-state index is -1.50. The van der Waals surface area contributed by atoms with Crippen molar-refractivity contribution in [3.63, 3.8) is 0 Å². The van der Waals surface area contributed by atoms with Crippen LogP contribution in [-0.4, -0.2) is 40.9 Å². The Morgan fingerprint density at radius 2 is 1.59 bits per heavy atom. The van der Waals surface area contributed by atoms with Crippen molar-refractivity contribution in [3.8, 4) is 0 Å². The van der Waals surface area contributed by atoms with Crippen molar-refractivity contribution in [3.05, 3.63) is 25.3 Å². The maximum Gasteiger partial charge on any atom is 0.156 e. The molecule has 0 aromatic heterocycles. The third-order valence-electron chi connectivity index (χ3n) is 3.12. The smallest absolute Gasteiger partial charge is 0.156 e. The molecule has 0 spiro atoms. The Bertz CT molecular complexity index is 278. The standard InChI is InChI=1S/C13H22O2.C3H8O2.C2H6/c1-5-9-13(10-6-2)12(14-4)8-7-11(3)15-13;1-3(2,4)5;1-2/h5-6,11-12H,1-2,7-10H2,3-4H3;4-5H,1-2H3;1-2H3. The SMILES string of the molecule is C=CCC1(CC=C)OC(C)CCC1OC.CC.CC(C)(O)O. The molecular weight excluding hydrogens is 280 g/mol. The molecule has 22 heavy (non-hydrogen) atoms. The van der Waals surface area contributed by atoms with Crippen molar-refractivity contribution in [2.45, 2.75) is 83.9 Å². The highest BCUT2D eigenvalue weighted by molar-refractivity contribution is 5.01. The van der Waals surface area contributed by atoms with Gasteiger partial charge >= 0.3 is 0 Å². The molecule has 132 valence electrons. The lowest BCUT2D eigenvalue weighted by Gasteiger charge is -2.45. The Morgan fingerprint density at radius 3 is 1.91 bits per heavy atom. The average Bonchev–Trinajstić information content (AvgIpc) is 2.40. The van der Waals surface area contributed by atoms with Crippen LogP contribution in [0.15, 0.2) is 25.3 Å². The predicted molar refractivity (Wildman–Crippen MR) is 92.8 cm³/mol. The quantitative estimate of drug-likeness (QED) is 0.598. The maximum atomic E-state index is 8.08. The van der Waals surface area contributed by atoms with Gasteiger partial charge < -0.3 is 19.7 Å². The third kappa shape index (κ3) is 10.1. The van der Waals surface area contributed by atoms with Gasteiger partial charge in [0, 0.05) is 7.11 Å². The van der Waals surface area contributed by atoms with Crippen molar-refractivity contribution in [2.24, 2.45) is 0 Å². The first kappa shape index (κ1) is 23.6. The third-order valence-corrected chi connectivity index (χ3v) is 3.12. The molecule has 1 aliphatic rings. The molecule has 0 aromatic carbocycles. The summed E-state index contributed by atoms with van der Waals surface area (Å²) in [5.74, 6) is -1.50. The van der Waals surface area contributed by atoms with E-state index in [1.54, 1.807) is 7.11 Å². The van der Waals surface area contributed by atoms with Gasteiger partial charge in [-0.2, -0.15) is 0 Å². The first-order chi connectivity index (χ1) is 10.2. The Kier molecular flexibility index (Phi) is 12.7. The van der Waals surface area contributed by atoms with E-state index in [0.717, 1.165) is 25.7 Å². The van der Waals surface area contributed by atoms with E-state index in [0.29, 0.717) is 6.10 Å². The summed E-state index contributed by atoms with van der Waals surface area (Å²) in [6.07, 6.45) is 8.04. The van der Waals surface area contributed by atoms with Crippen LogP contribution in [0, 0.1) is 0 Å². The van der Waals surface area contributed by atoms with E-state index >= 15 is 0 Å². The zero-order valence-electron chi connectivity index (χ0n) is 15.3. The topological polar surface area (TPSA) is 58.9 Å². The normalized spacial score (nSPS) is 23.3. The molecule has 1 saturated heterocycles. The van der Waals surface area contributed by atoms with E-state index in [4.69, 9.17) is 19.7 Å². The second-order valence-electron chi connectivity index (χ2n) is 5.77. The van der Waals surface area contributed by atoms with Crippen LogP contribution in [0.25, 0.3) is 0 Å². The summed E-state index contributed by atoms with van der Waals surface area (Å²) in [7, 11) is 1.75. The van der Waals surface area contributed by atoms with Gasteiger partial charge in [0.1, 0.15) is 5.60 Å². The second-order valence-corrected chi connectivity index (χ2v) is 5.77. The molecule has 0 aliphatic carbocycles. The van der Waals surface area contributed by atoms with Crippen LogP contribution in [0.5, 0.6) is 0 Å². The van der Waals surface area contributed by atoms with Gasteiger partial charge in [-0.25, -0.2) is 0 Å². The molecule has 4 heteroatoms. The fraction of sp³-hybridized carbons (Fsp3) is 0.778. The first-order valence-electron chi connectivity index (χ1n) is 8.05. The first-order valence-corrected chi connectivity index (χ1v) is 8.05. The van der Waals surface area contributed by atoms with Crippen molar-refractivity contribution in [1.82, 2.24) is 0 Å². The monoisotopic (exact) mass is 316 g/mol. The van der Waals surface area contributed by atoms with E-state index in [2.05, 4.69) is 20.1 Å². The van der Waals surface area contributed by atoms with Crippen LogP contribution in [-0.2, 0) is 9.47 Å². The van der Waals surface area contributed by atoms with E-state index in [1.807, 2.05) is 26.0 Å². The van der Waals surface area contributed by atoms with E-state index < -0.39 is 5.79 Å². The zero-order valence-corrected chi connectivity index (χ0v) is 15.3. The lowest BCUT2D eigenvalue weighted by atomic mass is 9.83. The minimum Gasteiger partial charge on any atom is -0.378 e. The number of ether oxygens (including phenoxy) is 2. The predicted octanol–water partition coefficient (Wildman–Crippen LogP) is 3.82. The van der Waals surface area contributed by atoms with Gasteiger partial charge in [0.05, 0.1) is 12.2 Å². The van der Waals surface area contributed by atoms with Gasteiger partial charge in [-0.3, -0.25) is 0 Å². The largest absolute Gasteiger partial charge is 0.378 e. The van der Waals surface area contributed by atoms with E-state index in [1.165, 1.54) is 13.8 Å². The summed E-state index contributed by atoms with van der Waals surface area (Å²) in [5.41, 5.74) is -0.240. The molecule has 1 fully saturated rings. The van der Waals surface area contributed by atoms with E-state index in [9.17, 15) is 0 Å². The Labute approximate surface area is 136 Å². The highest BCUT2D eigenvalue weighted by atomic mass is 16.6. The van der Waals surface area contributed by atoms with Crippen molar-refractivity contribution in [2.75, 3.05) is 7.11 Å². The fourth-order valence-electron chi connectivity index (χ4n) is 2.45. The summed E-state index contributed by atoms with van der Waals surface area (Å²) < 4.78 is 11.6. The number of methoxy groups -OCH3 is 1. The van der Waals surface area contributed by atoms with Crippen LogP contribution in [0.3, 0.4) is 0 Å². The van der Waals surface area contributed by atoms with Crippen LogP contribution < -0.4 is 0 Å². The van der Waals surface area contributed by atoms with Gasteiger partial charge in [-0.15, -0.1) is 13.2 Å². The number of aliphatic hydroxyl groups is 2. The van der Waals surface area contributed by atoms with Crippen LogP contribution in [0.2, 0.25) is 0 Å². The molecule has 0 bridgehead atoms. The molecule has 2 unspecified atom stereocenters. The molecule has 4 nitrogen and oxygen atoms in total. The highest BCUT2D eigenvalue weighted by Gasteiger charge is 2.42. The summed E-state index contributed by atoms with van der Waals surface area (Å²) in [6.45, 7) is 16.3. The molecule has 2 N–H and O–H groups in total. The number of hydrogen-bond acceptors (Lipinski definition) is 4. The molecule has 0 amide bonds. The average molecular weight is 316 g/mol. The molecule has 0 saturated carbocycles. The molecule has 1 heterocycles. The van der Waals surface area contributed by atoms with Crippen LogP contribution >= 0.6 is 0 Å². The minimum absolute atomic E-state index is 0.157. The van der Waals surface area contributed by atoms with Gasteiger partial charge in [-0.1, -0.05) is 26.0 Å². The van der Waals surface area contributed by atoms with Gasteiger partial charge in [0.2, 0.25) is 0 Å². The van der Waals surface area contributed by atoms with Gasteiger partial charge in [0.25, 0.3) is 0 Å². The van der Waals surface area contributed by atoms with Crippen molar-refractivity contribution < 1.29 is 19.7 Å². The molecular formula is C18H36O4. The second kappa shape index (κ2) is 11.8. The number of hydrogen-bond donors (Lipinski definition) is 2. The fourth-order valence-corrected chi connectivity index (χ4v) is 2.45. The lowest BCUT2D eigenvalue weighted by molar-refractivity contribution is -0.190.